The molecule has 0 saturated heterocycles. The van der Waals surface area contributed by atoms with Crippen LogP contribution in [0.4, 0.5) is 5.82 Å². The largest absolute Gasteiger partial charge is 0.368 e. The summed E-state index contributed by atoms with van der Waals surface area (Å²) in [4.78, 5) is 11.0. The van der Waals surface area contributed by atoms with Gasteiger partial charge in [0.05, 0.1) is 0 Å². The number of hydrogen-bond donors (Lipinski definition) is 1. The van der Waals surface area contributed by atoms with Gasteiger partial charge in [-0.15, -0.1) is 0 Å². The third-order valence-corrected chi connectivity index (χ3v) is 2.98. The molecule has 1 N–H and O–H groups in total. The van der Waals surface area contributed by atoms with Gasteiger partial charge in [0.2, 0.25) is 0 Å². The Balaban J connectivity index is 2.93. The number of aromatic nitrogens is 2. The number of likely N-dealkylation sites (N-methyl/N-ethyl adjacent to an activating group) is 1. The molecule has 0 aromatic carbocycles. The van der Waals surface area contributed by atoms with Crippen molar-refractivity contribution in [3.8, 4) is 0 Å². The number of halogens is 1. The van der Waals surface area contributed by atoms with Crippen LogP contribution in [0.1, 0.15) is 32.2 Å². The van der Waals surface area contributed by atoms with Gasteiger partial charge in [-0.1, -0.05) is 32.4 Å². The van der Waals surface area contributed by atoms with Crippen molar-refractivity contribution in [1.82, 2.24) is 14.9 Å². The van der Waals surface area contributed by atoms with Crippen molar-refractivity contribution < 1.29 is 0 Å². The maximum atomic E-state index is 6.16. The van der Waals surface area contributed by atoms with E-state index in [1.807, 2.05) is 21.0 Å². The van der Waals surface area contributed by atoms with Gasteiger partial charge in [-0.05, 0) is 21.0 Å². The fraction of sp³-hybridized carbons (Fsp3) is 0.692. The zero-order valence-corrected chi connectivity index (χ0v) is 12.9. The summed E-state index contributed by atoms with van der Waals surface area (Å²) in [5.41, 5.74) is 0.804. The summed E-state index contributed by atoms with van der Waals surface area (Å²) in [6.45, 7) is 9.97. The molecular formula is C13H23ClN4. The topological polar surface area (TPSA) is 41.1 Å². The second kappa shape index (κ2) is 5.85. The molecule has 0 aliphatic rings. The molecule has 1 rings (SSSR count). The highest BCUT2D eigenvalue weighted by Crippen LogP contribution is 2.25. The lowest BCUT2D eigenvalue weighted by Crippen LogP contribution is -2.23. The molecule has 0 bridgehead atoms. The standard InChI is InChI=1S/C13H23ClN4/c1-9-10(14)16-12(13(2,3)4)17-11(9)15-7-8-18(5)6/h7-8H2,1-6H3,(H,15,16,17). The van der Waals surface area contributed by atoms with E-state index in [2.05, 4.69) is 41.0 Å². The average Bonchev–Trinajstić information content (AvgIpc) is 2.22. The van der Waals surface area contributed by atoms with E-state index in [-0.39, 0.29) is 5.41 Å². The van der Waals surface area contributed by atoms with Crippen molar-refractivity contribution >= 4 is 17.4 Å². The maximum Gasteiger partial charge on any atom is 0.137 e. The van der Waals surface area contributed by atoms with Crippen LogP contribution in [-0.4, -0.2) is 42.1 Å². The minimum absolute atomic E-state index is 0.102. The summed E-state index contributed by atoms with van der Waals surface area (Å²) in [7, 11) is 4.09. The van der Waals surface area contributed by atoms with E-state index in [1.54, 1.807) is 0 Å². The van der Waals surface area contributed by atoms with Crippen LogP contribution >= 0.6 is 11.6 Å². The van der Waals surface area contributed by atoms with Gasteiger partial charge in [0.25, 0.3) is 0 Å². The number of nitrogens with one attached hydrogen (secondary N) is 1. The molecule has 0 unspecified atom stereocenters. The van der Waals surface area contributed by atoms with Gasteiger partial charge in [0, 0.05) is 24.1 Å². The van der Waals surface area contributed by atoms with E-state index >= 15 is 0 Å². The van der Waals surface area contributed by atoms with Gasteiger partial charge in [-0.2, -0.15) is 0 Å². The quantitative estimate of drug-likeness (QED) is 0.854. The predicted octanol–water partition coefficient (Wildman–Crippen LogP) is 2.71. The van der Waals surface area contributed by atoms with Crippen molar-refractivity contribution in [3.05, 3.63) is 16.5 Å². The zero-order chi connectivity index (χ0) is 13.9. The number of hydrogen-bond acceptors (Lipinski definition) is 4. The predicted molar refractivity (Wildman–Crippen MR) is 77.5 cm³/mol. The van der Waals surface area contributed by atoms with Crippen molar-refractivity contribution in [1.29, 1.82) is 0 Å². The normalized spacial score (nSPS) is 12.0. The van der Waals surface area contributed by atoms with Crippen LogP contribution in [0.15, 0.2) is 0 Å². The first kappa shape index (κ1) is 15.2. The minimum atomic E-state index is -0.102. The highest BCUT2D eigenvalue weighted by atomic mass is 35.5. The SMILES string of the molecule is Cc1c(Cl)nc(C(C)(C)C)nc1NCCN(C)C. The van der Waals surface area contributed by atoms with Gasteiger partial charge >= 0.3 is 0 Å². The summed E-state index contributed by atoms with van der Waals surface area (Å²) in [6, 6.07) is 0. The lowest BCUT2D eigenvalue weighted by atomic mass is 9.95. The molecule has 0 saturated carbocycles. The Kier molecular flexibility index (Phi) is 4.93. The van der Waals surface area contributed by atoms with Gasteiger partial charge in [-0.3, -0.25) is 0 Å². The molecule has 0 spiro atoms. The second-order valence-corrected chi connectivity index (χ2v) is 6.15. The van der Waals surface area contributed by atoms with E-state index in [0.29, 0.717) is 5.15 Å². The molecule has 0 atom stereocenters. The lowest BCUT2D eigenvalue weighted by Gasteiger charge is -2.20. The Hall–Kier alpha value is -0.870. The van der Waals surface area contributed by atoms with Crippen molar-refractivity contribution in [2.45, 2.75) is 33.1 Å². The van der Waals surface area contributed by atoms with Crippen LogP contribution in [0.3, 0.4) is 0 Å². The summed E-state index contributed by atoms with van der Waals surface area (Å²) >= 11 is 6.16. The number of anilines is 1. The zero-order valence-electron chi connectivity index (χ0n) is 12.1. The average molecular weight is 271 g/mol. The van der Waals surface area contributed by atoms with E-state index in [1.165, 1.54) is 0 Å². The lowest BCUT2D eigenvalue weighted by molar-refractivity contribution is 0.425. The second-order valence-electron chi connectivity index (χ2n) is 5.79. The van der Waals surface area contributed by atoms with Gasteiger partial charge in [-0.25, -0.2) is 9.97 Å². The first-order chi connectivity index (χ1) is 8.21. The Labute approximate surface area is 115 Å². The molecule has 4 nitrogen and oxygen atoms in total. The van der Waals surface area contributed by atoms with Crippen molar-refractivity contribution in [2.75, 3.05) is 32.5 Å². The molecule has 1 aromatic heterocycles. The maximum absolute atomic E-state index is 6.16. The Morgan fingerprint density at radius 1 is 1.22 bits per heavy atom. The first-order valence-electron chi connectivity index (χ1n) is 6.15. The number of rotatable bonds is 4. The summed E-state index contributed by atoms with van der Waals surface area (Å²) < 4.78 is 0. The molecule has 1 aromatic rings. The van der Waals surface area contributed by atoms with E-state index in [4.69, 9.17) is 11.6 Å². The summed E-state index contributed by atoms with van der Waals surface area (Å²) in [5, 5.41) is 3.85. The van der Waals surface area contributed by atoms with Crippen LogP contribution in [-0.2, 0) is 5.41 Å². The van der Waals surface area contributed by atoms with Gasteiger partial charge < -0.3 is 10.2 Å². The highest BCUT2D eigenvalue weighted by molar-refractivity contribution is 6.30. The van der Waals surface area contributed by atoms with Crippen LogP contribution in [0, 0.1) is 6.92 Å². The van der Waals surface area contributed by atoms with Gasteiger partial charge in [0.15, 0.2) is 0 Å². The van der Waals surface area contributed by atoms with Crippen LogP contribution < -0.4 is 5.32 Å². The molecule has 0 aliphatic carbocycles. The fourth-order valence-electron chi connectivity index (χ4n) is 1.39. The molecular weight excluding hydrogens is 248 g/mol. The summed E-state index contributed by atoms with van der Waals surface area (Å²) in [5.74, 6) is 1.60. The van der Waals surface area contributed by atoms with Crippen LogP contribution in [0.25, 0.3) is 0 Å². The summed E-state index contributed by atoms with van der Waals surface area (Å²) in [6.07, 6.45) is 0. The molecule has 5 heteroatoms. The molecule has 18 heavy (non-hydrogen) atoms. The van der Waals surface area contributed by atoms with E-state index in [0.717, 1.165) is 30.3 Å². The Morgan fingerprint density at radius 3 is 2.33 bits per heavy atom. The monoisotopic (exact) mass is 270 g/mol. The van der Waals surface area contributed by atoms with Gasteiger partial charge in [0.1, 0.15) is 16.8 Å². The first-order valence-corrected chi connectivity index (χ1v) is 6.53. The minimum Gasteiger partial charge on any atom is -0.368 e. The van der Waals surface area contributed by atoms with E-state index in [9.17, 15) is 0 Å². The van der Waals surface area contributed by atoms with Crippen molar-refractivity contribution in [2.24, 2.45) is 0 Å². The molecule has 1 heterocycles. The third kappa shape index (κ3) is 4.10. The van der Waals surface area contributed by atoms with E-state index < -0.39 is 0 Å². The Bertz CT molecular complexity index is 410. The molecule has 102 valence electrons. The fourth-order valence-corrected chi connectivity index (χ4v) is 1.56. The highest BCUT2D eigenvalue weighted by Gasteiger charge is 2.20. The molecule has 0 amide bonds. The van der Waals surface area contributed by atoms with Crippen LogP contribution in [0.5, 0.6) is 0 Å². The third-order valence-electron chi connectivity index (χ3n) is 2.61. The molecule has 0 aliphatic heterocycles. The van der Waals surface area contributed by atoms with Crippen molar-refractivity contribution in [3.63, 3.8) is 0 Å². The number of nitrogens with zero attached hydrogens (tertiary/aromatic N) is 3. The Morgan fingerprint density at radius 2 is 1.83 bits per heavy atom. The van der Waals surface area contributed by atoms with Crippen LogP contribution in [0.2, 0.25) is 5.15 Å². The molecule has 0 fully saturated rings. The smallest absolute Gasteiger partial charge is 0.137 e. The molecule has 0 radical (unpaired) electrons.